The molecular weight excluding hydrogens is 460 g/mol. The molecule has 8 nitrogen and oxygen atoms in total. The molecule has 0 spiro atoms. The van der Waals surface area contributed by atoms with Crippen LogP contribution in [-0.4, -0.2) is 77.1 Å². The van der Waals surface area contributed by atoms with Crippen LogP contribution in [0.4, 0.5) is 0 Å². The maximum Gasteiger partial charge on any atom is 0.253 e. The number of hydrogen-bond donors (Lipinski definition) is 4. The standard InChI is InChI=1S/C28H40N2O6/c1-5-12-30(13-6-2)28(35)22-16-19(3)15-21(18-22)27(34)29-24(26(33)25(32)11-14-36-4)17-20-7-9-23(31)10-8-20/h7-10,15-16,18,24-26,31-33H,5-6,11-14,17H2,1-4H3,(H,29,34). The lowest BCUT2D eigenvalue weighted by molar-refractivity contribution is -0.0177. The molecule has 0 saturated carbocycles. The van der Waals surface area contributed by atoms with Crippen LogP contribution in [0.15, 0.2) is 42.5 Å². The molecule has 0 aromatic heterocycles. The first-order valence-electron chi connectivity index (χ1n) is 12.5. The predicted molar refractivity (Wildman–Crippen MR) is 139 cm³/mol. The summed E-state index contributed by atoms with van der Waals surface area (Å²) in [4.78, 5) is 28.2. The van der Waals surface area contributed by atoms with Crippen LogP contribution in [0.25, 0.3) is 0 Å². The molecule has 3 unspecified atom stereocenters. The highest BCUT2D eigenvalue weighted by Gasteiger charge is 2.29. The fourth-order valence-electron chi connectivity index (χ4n) is 4.15. The first-order valence-corrected chi connectivity index (χ1v) is 12.5. The number of aryl methyl sites for hydroxylation is 1. The van der Waals surface area contributed by atoms with Gasteiger partial charge in [0.15, 0.2) is 0 Å². The Morgan fingerprint density at radius 3 is 2.19 bits per heavy atom. The second-order valence-corrected chi connectivity index (χ2v) is 9.17. The van der Waals surface area contributed by atoms with E-state index in [1.807, 2.05) is 20.8 Å². The molecule has 0 aliphatic rings. The Labute approximate surface area is 213 Å². The van der Waals surface area contributed by atoms with E-state index in [0.717, 1.165) is 24.0 Å². The summed E-state index contributed by atoms with van der Waals surface area (Å²) in [5.41, 5.74) is 2.29. The molecule has 198 valence electrons. The minimum atomic E-state index is -1.26. The summed E-state index contributed by atoms with van der Waals surface area (Å²) in [5, 5.41) is 33.8. The van der Waals surface area contributed by atoms with Crippen molar-refractivity contribution >= 4 is 11.8 Å². The summed E-state index contributed by atoms with van der Waals surface area (Å²) in [6.45, 7) is 7.41. The normalized spacial score (nSPS) is 13.6. The summed E-state index contributed by atoms with van der Waals surface area (Å²) in [6, 6.07) is 10.7. The number of aromatic hydroxyl groups is 1. The van der Waals surface area contributed by atoms with Crippen molar-refractivity contribution in [3.63, 3.8) is 0 Å². The minimum absolute atomic E-state index is 0.108. The summed E-state index contributed by atoms with van der Waals surface area (Å²) >= 11 is 0. The number of carbonyl (C=O) groups is 2. The predicted octanol–water partition coefficient (Wildman–Crippen LogP) is 3.06. The molecule has 0 heterocycles. The van der Waals surface area contributed by atoms with Crippen LogP contribution in [0, 0.1) is 6.92 Å². The fraction of sp³-hybridized carbons (Fsp3) is 0.500. The Kier molecular flexibility index (Phi) is 11.9. The van der Waals surface area contributed by atoms with Gasteiger partial charge in [-0.1, -0.05) is 26.0 Å². The highest BCUT2D eigenvalue weighted by Crippen LogP contribution is 2.17. The van der Waals surface area contributed by atoms with Crippen molar-refractivity contribution in [1.29, 1.82) is 0 Å². The average Bonchev–Trinajstić information content (AvgIpc) is 2.86. The average molecular weight is 501 g/mol. The molecule has 4 N–H and O–H groups in total. The van der Waals surface area contributed by atoms with Gasteiger partial charge in [-0.3, -0.25) is 9.59 Å². The third-order valence-electron chi connectivity index (χ3n) is 5.99. The summed E-state index contributed by atoms with van der Waals surface area (Å²) in [7, 11) is 1.51. The minimum Gasteiger partial charge on any atom is -0.508 e. The van der Waals surface area contributed by atoms with E-state index in [4.69, 9.17) is 4.74 Å². The number of benzene rings is 2. The van der Waals surface area contributed by atoms with E-state index in [9.17, 15) is 24.9 Å². The second kappa shape index (κ2) is 14.6. The van der Waals surface area contributed by atoms with Crippen molar-refractivity contribution in [2.45, 2.75) is 64.7 Å². The van der Waals surface area contributed by atoms with Gasteiger partial charge in [-0.2, -0.15) is 0 Å². The Morgan fingerprint density at radius 2 is 1.61 bits per heavy atom. The van der Waals surface area contributed by atoms with Crippen LogP contribution in [0.3, 0.4) is 0 Å². The van der Waals surface area contributed by atoms with Gasteiger partial charge in [-0.15, -0.1) is 0 Å². The smallest absolute Gasteiger partial charge is 0.253 e. The maximum atomic E-state index is 13.3. The van der Waals surface area contributed by atoms with Crippen molar-refractivity contribution in [3.8, 4) is 5.75 Å². The monoisotopic (exact) mass is 500 g/mol. The number of phenols is 1. The lowest BCUT2D eigenvalue weighted by Crippen LogP contribution is -2.50. The SMILES string of the molecule is CCCN(CCC)C(=O)c1cc(C)cc(C(=O)NC(Cc2ccc(O)cc2)C(O)C(O)CCOC)c1. The zero-order chi connectivity index (χ0) is 26.7. The van der Waals surface area contributed by atoms with Gasteiger partial charge in [0.1, 0.15) is 11.9 Å². The Balaban J connectivity index is 2.30. The number of hydrogen-bond acceptors (Lipinski definition) is 6. The van der Waals surface area contributed by atoms with Gasteiger partial charge in [0.25, 0.3) is 11.8 Å². The number of nitrogens with zero attached hydrogens (tertiary/aromatic N) is 1. The lowest BCUT2D eigenvalue weighted by atomic mass is 9.95. The van der Waals surface area contributed by atoms with Gasteiger partial charge >= 0.3 is 0 Å². The second-order valence-electron chi connectivity index (χ2n) is 9.17. The van der Waals surface area contributed by atoms with Gasteiger partial charge in [-0.25, -0.2) is 0 Å². The van der Waals surface area contributed by atoms with Gasteiger partial charge in [-0.05, 0) is 74.1 Å². The summed E-state index contributed by atoms with van der Waals surface area (Å²) in [6.07, 6.45) is -0.254. The zero-order valence-corrected chi connectivity index (χ0v) is 21.7. The number of carbonyl (C=O) groups excluding carboxylic acids is 2. The largest absolute Gasteiger partial charge is 0.508 e. The van der Waals surface area contributed by atoms with Crippen molar-refractivity contribution in [3.05, 3.63) is 64.7 Å². The molecule has 0 aliphatic heterocycles. The fourth-order valence-corrected chi connectivity index (χ4v) is 4.15. The van der Waals surface area contributed by atoms with Crippen LogP contribution in [0.5, 0.6) is 5.75 Å². The van der Waals surface area contributed by atoms with E-state index in [1.165, 1.54) is 19.2 Å². The zero-order valence-electron chi connectivity index (χ0n) is 21.7. The first-order chi connectivity index (χ1) is 17.2. The van der Waals surface area contributed by atoms with Gasteiger partial charge in [0.05, 0.1) is 12.1 Å². The Bertz CT molecular complexity index is 973. The van der Waals surface area contributed by atoms with E-state index in [2.05, 4.69) is 5.32 Å². The number of ether oxygens (including phenoxy) is 1. The van der Waals surface area contributed by atoms with E-state index in [1.54, 1.807) is 35.2 Å². The summed E-state index contributed by atoms with van der Waals surface area (Å²) in [5.74, 6) is -0.462. The topological polar surface area (TPSA) is 119 Å². The Hall–Kier alpha value is -2.94. The van der Waals surface area contributed by atoms with Gasteiger partial charge in [0, 0.05) is 37.9 Å². The highest BCUT2D eigenvalue weighted by atomic mass is 16.5. The highest BCUT2D eigenvalue weighted by molar-refractivity contribution is 6.00. The van der Waals surface area contributed by atoms with Crippen LogP contribution < -0.4 is 5.32 Å². The quantitative estimate of drug-likeness (QED) is 0.317. The number of aliphatic hydroxyl groups is 2. The molecule has 0 bridgehead atoms. The number of amides is 2. The Morgan fingerprint density at radius 1 is 1.00 bits per heavy atom. The number of aliphatic hydroxyl groups excluding tert-OH is 2. The van der Waals surface area contributed by atoms with E-state index >= 15 is 0 Å². The third kappa shape index (κ3) is 8.62. The summed E-state index contributed by atoms with van der Waals surface area (Å²) < 4.78 is 5.00. The van der Waals surface area contributed by atoms with Crippen LogP contribution in [-0.2, 0) is 11.2 Å². The molecule has 2 aromatic carbocycles. The van der Waals surface area contributed by atoms with Crippen molar-refractivity contribution in [1.82, 2.24) is 10.2 Å². The van der Waals surface area contributed by atoms with E-state index < -0.39 is 24.2 Å². The first kappa shape index (κ1) is 29.3. The van der Waals surface area contributed by atoms with Crippen LogP contribution in [0.1, 0.15) is 65.0 Å². The molecule has 8 heteroatoms. The third-order valence-corrected chi connectivity index (χ3v) is 5.99. The van der Waals surface area contributed by atoms with Crippen LogP contribution >= 0.6 is 0 Å². The van der Waals surface area contributed by atoms with E-state index in [-0.39, 0.29) is 31.1 Å². The van der Waals surface area contributed by atoms with Gasteiger partial charge in [0.2, 0.25) is 0 Å². The molecule has 0 radical (unpaired) electrons. The lowest BCUT2D eigenvalue weighted by Gasteiger charge is -2.28. The molecule has 2 amide bonds. The van der Waals surface area contributed by atoms with Crippen molar-refractivity contribution in [2.75, 3.05) is 26.8 Å². The molecular formula is C28H40N2O6. The molecule has 3 atom stereocenters. The van der Waals surface area contributed by atoms with E-state index in [0.29, 0.717) is 24.2 Å². The van der Waals surface area contributed by atoms with Crippen LogP contribution in [0.2, 0.25) is 0 Å². The molecule has 0 aliphatic carbocycles. The molecule has 0 fully saturated rings. The molecule has 2 aromatic rings. The maximum absolute atomic E-state index is 13.3. The molecule has 36 heavy (non-hydrogen) atoms. The number of phenolic OH excluding ortho intramolecular Hbond substituents is 1. The molecule has 2 rings (SSSR count). The number of rotatable bonds is 14. The number of methoxy groups -OCH3 is 1. The van der Waals surface area contributed by atoms with Crippen molar-refractivity contribution in [2.24, 2.45) is 0 Å². The van der Waals surface area contributed by atoms with Gasteiger partial charge < -0.3 is 30.3 Å². The molecule has 0 saturated heterocycles. The van der Waals surface area contributed by atoms with Crippen molar-refractivity contribution < 1.29 is 29.6 Å². The number of nitrogens with one attached hydrogen (secondary N) is 1.